The average molecular weight is 267 g/mol. The van der Waals surface area contributed by atoms with Crippen molar-refractivity contribution in [2.24, 2.45) is 5.73 Å². The molecule has 1 aromatic carbocycles. The fourth-order valence-corrected chi connectivity index (χ4v) is 1.68. The predicted molar refractivity (Wildman–Crippen MR) is 73.9 cm³/mol. The summed E-state index contributed by atoms with van der Waals surface area (Å²) < 4.78 is 4.85. The second-order valence-corrected chi connectivity index (χ2v) is 4.35. The second kappa shape index (κ2) is 7.73. The number of carbonyl (C=O) groups excluding carboxylic acids is 1. The summed E-state index contributed by atoms with van der Waals surface area (Å²) in [4.78, 5) is 10.7. The number of ether oxygens (including phenoxy) is 1. The van der Waals surface area contributed by atoms with Crippen molar-refractivity contribution < 1.29 is 14.6 Å². The summed E-state index contributed by atoms with van der Waals surface area (Å²) in [6.45, 7) is 2.76. The molecular formula is C13H21N3O3. The molecule has 0 saturated heterocycles. The molecule has 0 heterocycles. The van der Waals surface area contributed by atoms with Crippen molar-refractivity contribution >= 4 is 11.7 Å². The van der Waals surface area contributed by atoms with Gasteiger partial charge < -0.3 is 26.2 Å². The van der Waals surface area contributed by atoms with Crippen molar-refractivity contribution in [3.8, 4) is 0 Å². The van der Waals surface area contributed by atoms with Crippen LogP contribution in [0, 0.1) is 0 Å². The molecule has 2 amide bonds. The highest BCUT2D eigenvalue weighted by Crippen LogP contribution is 2.15. The third-order valence-electron chi connectivity index (χ3n) is 2.70. The van der Waals surface area contributed by atoms with E-state index in [9.17, 15) is 9.90 Å². The first kappa shape index (κ1) is 15.4. The highest BCUT2D eigenvalue weighted by atomic mass is 16.5. The van der Waals surface area contributed by atoms with Gasteiger partial charge in [0.05, 0.1) is 12.7 Å². The number of carbonyl (C=O) groups is 1. The van der Waals surface area contributed by atoms with Crippen LogP contribution in [-0.2, 0) is 4.74 Å². The van der Waals surface area contributed by atoms with E-state index in [-0.39, 0.29) is 6.04 Å². The summed E-state index contributed by atoms with van der Waals surface area (Å²) in [7, 11) is 1.55. The Morgan fingerprint density at radius 3 is 2.58 bits per heavy atom. The molecule has 0 aromatic heterocycles. The number of hydrogen-bond donors (Lipinski definition) is 4. The minimum atomic E-state index is -0.582. The minimum Gasteiger partial charge on any atom is -0.389 e. The summed E-state index contributed by atoms with van der Waals surface area (Å²) in [5, 5.41) is 15.2. The number of benzene rings is 1. The number of nitrogens with two attached hydrogens (primary N) is 1. The van der Waals surface area contributed by atoms with Gasteiger partial charge >= 0.3 is 6.03 Å². The molecule has 0 radical (unpaired) electrons. The highest BCUT2D eigenvalue weighted by Gasteiger charge is 2.08. The molecule has 0 aliphatic carbocycles. The van der Waals surface area contributed by atoms with Gasteiger partial charge in [0.15, 0.2) is 0 Å². The Hall–Kier alpha value is -1.63. The van der Waals surface area contributed by atoms with Gasteiger partial charge in [0, 0.05) is 25.4 Å². The lowest BCUT2D eigenvalue weighted by molar-refractivity contribution is 0.0630. The predicted octanol–water partition coefficient (Wildman–Crippen LogP) is 0.835. The van der Waals surface area contributed by atoms with E-state index in [1.807, 2.05) is 19.1 Å². The van der Waals surface area contributed by atoms with Crippen LogP contribution in [0.1, 0.15) is 18.5 Å². The molecule has 0 saturated carbocycles. The van der Waals surface area contributed by atoms with Crippen LogP contribution in [-0.4, -0.2) is 37.5 Å². The van der Waals surface area contributed by atoms with Gasteiger partial charge in [0.25, 0.3) is 0 Å². The molecule has 106 valence electrons. The molecule has 0 bridgehead atoms. The van der Waals surface area contributed by atoms with Gasteiger partial charge in [0.1, 0.15) is 0 Å². The highest BCUT2D eigenvalue weighted by molar-refractivity contribution is 5.87. The number of urea groups is 1. The third-order valence-corrected chi connectivity index (χ3v) is 2.70. The van der Waals surface area contributed by atoms with Crippen LogP contribution in [0.5, 0.6) is 0 Å². The lowest BCUT2D eigenvalue weighted by Crippen LogP contribution is -2.31. The molecule has 19 heavy (non-hydrogen) atoms. The van der Waals surface area contributed by atoms with Crippen LogP contribution in [0.4, 0.5) is 10.5 Å². The smallest absolute Gasteiger partial charge is 0.316 e. The number of aliphatic hydroxyl groups is 1. The van der Waals surface area contributed by atoms with Gasteiger partial charge in [-0.05, 0) is 24.6 Å². The fourth-order valence-electron chi connectivity index (χ4n) is 1.68. The molecule has 6 nitrogen and oxygen atoms in total. The van der Waals surface area contributed by atoms with Crippen molar-refractivity contribution in [3.63, 3.8) is 0 Å². The van der Waals surface area contributed by atoms with Crippen LogP contribution in [0.3, 0.4) is 0 Å². The topological polar surface area (TPSA) is 96.6 Å². The Balaban J connectivity index is 2.48. The Morgan fingerprint density at radius 2 is 2.05 bits per heavy atom. The molecule has 1 rings (SSSR count). The maximum absolute atomic E-state index is 10.7. The van der Waals surface area contributed by atoms with Crippen molar-refractivity contribution in [2.45, 2.75) is 19.1 Å². The first-order chi connectivity index (χ1) is 9.02. The fraction of sp³-hybridized carbons (Fsp3) is 0.462. The Kier molecular flexibility index (Phi) is 6.27. The molecule has 5 N–H and O–H groups in total. The number of rotatable bonds is 7. The van der Waals surface area contributed by atoms with E-state index in [0.717, 1.165) is 5.56 Å². The van der Waals surface area contributed by atoms with Crippen molar-refractivity contribution in [1.29, 1.82) is 0 Å². The first-order valence-electron chi connectivity index (χ1n) is 6.09. The number of amides is 2. The summed E-state index contributed by atoms with van der Waals surface area (Å²) in [5.74, 6) is 0. The second-order valence-electron chi connectivity index (χ2n) is 4.35. The number of primary amides is 1. The zero-order valence-electron chi connectivity index (χ0n) is 11.2. The monoisotopic (exact) mass is 267 g/mol. The molecule has 0 fully saturated rings. The average Bonchev–Trinajstić information content (AvgIpc) is 2.36. The van der Waals surface area contributed by atoms with Crippen LogP contribution < -0.4 is 16.4 Å². The Bertz CT molecular complexity index is 395. The van der Waals surface area contributed by atoms with Gasteiger partial charge in [-0.3, -0.25) is 0 Å². The van der Waals surface area contributed by atoms with E-state index >= 15 is 0 Å². The van der Waals surface area contributed by atoms with Crippen LogP contribution in [0.2, 0.25) is 0 Å². The van der Waals surface area contributed by atoms with E-state index in [1.165, 1.54) is 0 Å². The van der Waals surface area contributed by atoms with E-state index in [2.05, 4.69) is 10.6 Å². The molecule has 6 heteroatoms. The van der Waals surface area contributed by atoms with Crippen LogP contribution >= 0.6 is 0 Å². The molecular weight excluding hydrogens is 246 g/mol. The van der Waals surface area contributed by atoms with Crippen molar-refractivity contribution in [1.82, 2.24) is 5.32 Å². The third kappa shape index (κ3) is 5.69. The number of anilines is 1. The van der Waals surface area contributed by atoms with Crippen LogP contribution in [0.15, 0.2) is 24.3 Å². The maximum Gasteiger partial charge on any atom is 0.316 e. The largest absolute Gasteiger partial charge is 0.389 e. The van der Waals surface area contributed by atoms with Gasteiger partial charge in [-0.15, -0.1) is 0 Å². The minimum absolute atomic E-state index is 0.0918. The van der Waals surface area contributed by atoms with Crippen molar-refractivity contribution in [2.75, 3.05) is 25.6 Å². The number of hydrogen-bond acceptors (Lipinski definition) is 4. The molecule has 0 spiro atoms. The molecule has 0 aliphatic heterocycles. The summed E-state index contributed by atoms with van der Waals surface area (Å²) in [6.07, 6.45) is -0.525. The Morgan fingerprint density at radius 1 is 1.42 bits per heavy atom. The van der Waals surface area contributed by atoms with Crippen LogP contribution in [0.25, 0.3) is 0 Å². The zero-order chi connectivity index (χ0) is 14.3. The standard InChI is InChI=1S/C13H21N3O3/c1-9(15-7-12(17)8-19-2)10-3-5-11(6-4-10)16-13(14)18/h3-6,9,12,15,17H,7-8H2,1-2H3,(H3,14,16,18). The molecule has 2 atom stereocenters. The van der Waals surface area contributed by atoms with Crippen molar-refractivity contribution in [3.05, 3.63) is 29.8 Å². The number of methoxy groups -OCH3 is 1. The summed E-state index contributed by atoms with van der Waals surface area (Å²) >= 11 is 0. The lowest BCUT2D eigenvalue weighted by atomic mass is 10.1. The van der Waals surface area contributed by atoms with Gasteiger partial charge in [-0.2, -0.15) is 0 Å². The maximum atomic E-state index is 10.7. The Labute approximate surface area is 112 Å². The van der Waals surface area contributed by atoms with E-state index in [4.69, 9.17) is 10.5 Å². The van der Waals surface area contributed by atoms with Gasteiger partial charge in [-0.1, -0.05) is 12.1 Å². The SMILES string of the molecule is COCC(O)CNC(C)c1ccc(NC(N)=O)cc1. The number of aliphatic hydroxyl groups excluding tert-OH is 1. The first-order valence-corrected chi connectivity index (χ1v) is 6.09. The quantitative estimate of drug-likeness (QED) is 0.588. The van der Waals surface area contributed by atoms with Gasteiger partial charge in [0.2, 0.25) is 0 Å². The zero-order valence-corrected chi connectivity index (χ0v) is 11.2. The van der Waals surface area contributed by atoms with E-state index in [1.54, 1.807) is 19.2 Å². The molecule has 1 aromatic rings. The molecule has 2 unspecified atom stereocenters. The van der Waals surface area contributed by atoms with E-state index < -0.39 is 12.1 Å². The molecule has 0 aliphatic rings. The summed E-state index contributed by atoms with van der Waals surface area (Å²) in [6, 6.07) is 6.86. The van der Waals surface area contributed by atoms with E-state index in [0.29, 0.717) is 18.8 Å². The summed E-state index contributed by atoms with van der Waals surface area (Å²) in [5.41, 5.74) is 6.74. The number of nitrogens with one attached hydrogen (secondary N) is 2. The lowest BCUT2D eigenvalue weighted by Gasteiger charge is -2.17. The normalized spacial score (nSPS) is 13.8. The van der Waals surface area contributed by atoms with Gasteiger partial charge in [-0.25, -0.2) is 4.79 Å².